The minimum absolute atomic E-state index is 0.219. The molecule has 0 aliphatic heterocycles. The van der Waals surface area contributed by atoms with Crippen molar-refractivity contribution in [3.05, 3.63) is 47.3 Å². The maximum Gasteiger partial charge on any atom is 0.135 e. The summed E-state index contributed by atoms with van der Waals surface area (Å²) in [6.45, 7) is 1.63. The monoisotopic (exact) mass is 216 g/mol. The summed E-state index contributed by atoms with van der Waals surface area (Å²) in [6.07, 6.45) is 0.553. The van der Waals surface area contributed by atoms with E-state index in [4.69, 9.17) is 0 Å². The van der Waals surface area contributed by atoms with Crippen molar-refractivity contribution in [1.82, 2.24) is 0 Å². The van der Waals surface area contributed by atoms with Crippen LogP contribution >= 0.6 is 11.3 Å². The van der Waals surface area contributed by atoms with Crippen molar-refractivity contribution in [2.24, 2.45) is 0 Å². The highest BCUT2D eigenvalue weighted by molar-refractivity contribution is 7.15. The lowest BCUT2D eigenvalue weighted by Gasteiger charge is -1.94. The molecule has 76 valence electrons. The molecule has 0 saturated heterocycles. The largest absolute Gasteiger partial charge is 0.300 e. The first kappa shape index (κ1) is 10.1. The fourth-order valence-electron chi connectivity index (χ4n) is 1.48. The summed E-state index contributed by atoms with van der Waals surface area (Å²) in [5, 5.41) is 0. The second-order valence-corrected chi connectivity index (χ2v) is 4.68. The molecule has 0 spiro atoms. The number of Topliss-reactive ketones (excluding diaryl/α,β-unsaturated/α-hetero) is 1. The lowest BCUT2D eigenvalue weighted by molar-refractivity contribution is -0.116. The summed E-state index contributed by atoms with van der Waals surface area (Å²) < 4.78 is 0. The molecule has 15 heavy (non-hydrogen) atoms. The van der Waals surface area contributed by atoms with Crippen LogP contribution in [0.2, 0.25) is 0 Å². The van der Waals surface area contributed by atoms with Gasteiger partial charge in [0.05, 0.1) is 0 Å². The lowest BCUT2D eigenvalue weighted by Crippen LogP contribution is -1.92. The smallest absolute Gasteiger partial charge is 0.135 e. The SMILES string of the molecule is CC(=O)Cc1ccc(-c2ccccc2)s1. The van der Waals surface area contributed by atoms with Crippen LogP contribution in [0, 0.1) is 0 Å². The van der Waals surface area contributed by atoms with E-state index in [0.717, 1.165) is 4.88 Å². The Balaban J connectivity index is 2.24. The van der Waals surface area contributed by atoms with Gasteiger partial charge in [-0.15, -0.1) is 11.3 Å². The average molecular weight is 216 g/mol. The van der Waals surface area contributed by atoms with E-state index in [1.54, 1.807) is 18.3 Å². The van der Waals surface area contributed by atoms with Gasteiger partial charge in [-0.1, -0.05) is 30.3 Å². The highest BCUT2D eigenvalue weighted by atomic mass is 32.1. The van der Waals surface area contributed by atoms with Crippen LogP contribution in [0.3, 0.4) is 0 Å². The summed E-state index contributed by atoms with van der Waals surface area (Å²) in [4.78, 5) is 13.3. The number of ketones is 1. The molecule has 1 heterocycles. The van der Waals surface area contributed by atoms with Crippen LogP contribution in [0.25, 0.3) is 10.4 Å². The first-order valence-electron chi connectivity index (χ1n) is 4.89. The van der Waals surface area contributed by atoms with E-state index in [1.165, 1.54) is 10.4 Å². The van der Waals surface area contributed by atoms with Gasteiger partial charge in [-0.25, -0.2) is 0 Å². The lowest BCUT2D eigenvalue weighted by atomic mass is 10.2. The summed E-state index contributed by atoms with van der Waals surface area (Å²) in [6, 6.07) is 14.4. The molecule has 1 nitrogen and oxygen atoms in total. The van der Waals surface area contributed by atoms with Gasteiger partial charge in [-0.05, 0) is 24.6 Å². The fourth-order valence-corrected chi connectivity index (χ4v) is 2.56. The molecule has 2 rings (SSSR count). The van der Waals surface area contributed by atoms with E-state index < -0.39 is 0 Å². The predicted octanol–water partition coefficient (Wildman–Crippen LogP) is 3.55. The average Bonchev–Trinajstić information content (AvgIpc) is 2.67. The zero-order chi connectivity index (χ0) is 10.7. The van der Waals surface area contributed by atoms with Crippen molar-refractivity contribution in [3.63, 3.8) is 0 Å². The minimum atomic E-state index is 0.219. The van der Waals surface area contributed by atoms with Crippen LogP contribution in [0.1, 0.15) is 11.8 Å². The third-order valence-corrected chi connectivity index (χ3v) is 3.28. The number of hydrogen-bond donors (Lipinski definition) is 0. The Morgan fingerprint density at radius 1 is 1.13 bits per heavy atom. The normalized spacial score (nSPS) is 10.2. The van der Waals surface area contributed by atoms with Gasteiger partial charge in [0.15, 0.2) is 0 Å². The van der Waals surface area contributed by atoms with Crippen molar-refractivity contribution in [2.45, 2.75) is 13.3 Å². The van der Waals surface area contributed by atoms with E-state index in [2.05, 4.69) is 18.2 Å². The predicted molar refractivity (Wildman–Crippen MR) is 64.1 cm³/mol. The first-order valence-corrected chi connectivity index (χ1v) is 5.71. The van der Waals surface area contributed by atoms with E-state index in [1.807, 2.05) is 24.3 Å². The van der Waals surface area contributed by atoms with Crippen molar-refractivity contribution in [1.29, 1.82) is 0 Å². The summed E-state index contributed by atoms with van der Waals surface area (Å²) >= 11 is 1.69. The van der Waals surface area contributed by atoms with E-state index >= 15 is 0 Å². The Labute approximate surface area is 93.4 Å². The van der Waals surface area contributed by atoms with Gasteiger partial charge >= 0.3 is 0 Å². The van der Waals surface area contributed by atoms with Gasteiger partial charge < -0.3 is 0 Å². The molecule has 0 unspecified atom stereocenters. The first-order chi connectivity index (χ1) is 7.25. The van der Waals surface area contributed by atoms with Gasteiger partial charge in [0.25, 0.3) is 0 Å². The number of hydrogen-bond acceptors (Lipinski definition) is 2. The van der Waals surface area contributed by atoms with Gasteiger partial charge in [-0.3, -0.25) is 4.79 Å². The highest BCUT2D eigenvalue weighted by Gasteiger charge is 2.03. The number of rotatable bonds is 3. The van der Waals surface area contributed by atoms with E-state index in [0.29, 0.717) is 6.42 Å². The Morgan fingerprint density at radius 3 is 2.53 bits per heavy atom. The van der Waals surface area contributed by atoms with Crippen LogP contribution in [0.5, 0.6) is 0 Å². The molecule has 0 aliphatic carbocycles. The second kappa shape index (κ2) is 4.41. The molecule has 0 N–H and O–H groups in total. The van der Waals surface area contributed by atoms with Crippen LogP contribution in [-0.4, -0.2) is 5.78 Å². The van der Waals surface area contributed by atoms with Crippen LogP contribution in [-0.2, 0) is 11.2 Å². The number of carbonyl (C=O) groups is 1. The molecule has 1 aromatic heterocycles. The Bertz CT molecular complexity index is 456. The number of benzene rings is 1. The molecule has 2 heteroatoms. The molecule has 0 fully saturated rings. The van der Waals surface area contributed by atoms with Crippen molar-refractivity contribution in [2.75, 3.05) is 0 Å². The second-order valence-electron chi connectivity index (χ2n) is 3.51. The molecule has 0 amide bonds. The van der Waals surface area contributed by atoms with Gasteiger partial charge in [0.2, 0.25) is 0 Å². The van der Waals surface area contributed by atoms with E-state index in [-0.39, 0.29) is 5.78 Å². The van der Waals surface area contributed by atoms with Gasteiger partial charge in [0, 0.05) is 16.2 Å². The fraction of sp³-hybridized carbons (Fsp3) is 0.154. The number of carbonyl (C=O) groups excluding carboxylic acids is 1. The maximum absolute atomic E-state index is 11.0. The molecule has 0 aliphatic rings. The summed E-state index contributed by atoms with van der Waals surface area (Å²) in [5.41, 5.74) is 1.22. The summed E-state index contributed by atoms with van der Waals surface area (Å²) in [7, 11) is 0. The third kappa shape index (κ3) is 2.54. The number of thiophene rings is 1. The molecule has 0 bridgehead atoms. The van der Waals surface area contributed by atoms with Crippen LogP contribution in [0.4, 0.5) is 0 Å². The molecular formula is C13H12OS. The summed E-state index contributed by atoms with van der Waals surface area (Å²) in [5.74, 6) is 0.219. The van der Waals surface area contributed by atoms with Crippen molar-refractivity contribution >= 4 is 17.1 Å². The Kier molecular flexibility index (Phi) is 2.97. The molecule has 0 radical (unpaired) electrons. The molecule has 1 aromatic carbocycles. The van der Waals surface area contributed by atoms with Gasteiger partial charge in [0.1, 0.15) is 5.78 Å². The van der Waals surface area contributed by atoms with Crippen LogP contribution < -0.4 is 0 Å². The zero-order valence-corrected chi connectivity index (χ0v) is 9.38. The van der Waals surface area contributed by atoms with Crippen LogP contribution in [0.15, 0.2) is 42.5 Å². The molecule has 2 aromatic rings. The third-order valence-electron chi connectivity index (χ3n) is 2.14. The molecular weight excluding hydrogens is 204 g/mol. The minimum Gasteiger partial charge on any atom is -0.300 e. The van der Waals surface area contributed by atoms with Gasteiger partial charge in [-0.2, -0.15) is 0 Å². The zero-order valence-electron chi connectivity index (χ0n) is 8.57. The maximum atomic E-state index is 11.0. The van der Waals surface area contributed by atoms with Crippen molar-refractivity contribution < 1.29 is 4.79 Å². The van der Waals surface area contributed by atoms with E-state index in [9.17, 15) is 4.79 Å². The molecule has 0 saturated carbocycles. The Hall–Kier alpha value is -1.41. The highest BCUT2D eigenvalue weighted by Crippen LogP contribution is 2.28. The Morgan fingerprint density at radius 2 is 1.87 bits per heavy atom. The standard InChI is InChI=1S/C13H12OS/c1-10(14)9-12-7-8-13(15-12)11-5-3-2-4-6-11/h2-8H,9H2,1H3. The molecule has 0 atom stereocenters. The topological polar surface area (TPSA) is 17.1 Å². The quantitative estimate of drug-likeness (QED) is 0.767. The van der Waals surface area contributed by atoms with Crippen molar-refractivity contribution in [3.8, 4) is 10.4 Å².